The van der Waals surface area contributed by atoms with Gasteiger partial charge in [0.2, 0.25) is 5.91 Å². The second kappa shape index (κ2) is 7.90. The maximum atomic E-state index is 13.4. The van der Waals surface area contributed by atoms with E-state index in [2.05, 4.69) is 10.3 Å². The Bertz CT molecular complexity index is 1110. The van der Waals surface area contributed by atoms with Crippen molar-refractivity contribution in [3.63, 3.8) is 0 Å². The molecule has 3 aromatic rings. The summed E-state index contributed by atoms with van der Waals surface area (Å²) in [5.74, 6) is -0.636. The van der Waals surface area contributed by atoms with Gasteiger partial charge in [0, 0.05) is 23.4 Å². The topological polar surface area (TPSA) is 88.6 Å². The van der Waals surface area contributed by atoms with E-state index in [4.69, 9.17) is 4.74 Å². The molecule has 0 spiro atoms. The van der Waals surface area contributed by atoms with Gasteiger partial charge in [-0.05, 0) is 36.1 Å². The van der Waals surface area contributed by atoms with E-state index in [-0.39, 0.29) is 30.3 Å². The molecule has 0 bridgehead atoms. The first kappa shape index (κ1) is 19.3. The molecule has 5 rings (SSSR count). The molecular formula is C21H19N3O4S2. The molecule has 0 radical (unpaired) electrons. The molecule has 2 aliphatic rings. The highest BCUT2D eigenvalue weighted by atomic mass is 32.1. The Morgan fingerprint density at radius 1 is 1.30 bits per heavy atom. The van der Waals surface area contributed by atoms with Crippen molar-refractivity contribution in [1.29, 1.82) is 0 Å². The summed E-state index contributed by atoms with van der Waals surface area (Å²) in [6.45, 7) is 0.510. The number of likely N-dealkylation sites (tertiary alicyclic amines) is 1. The molecule has 2 aromatic heterocycles. The highest BCUT2D eigenvalue weighted by Crippen LogP contribution is 2.28. The number of hydrogen-bond acceptors (Lipinski definition) is 7. The van der Waals surface area contributed by atoms with Crippen LogP contribution in [0.4, 0.5) is 0 Å². The summed E-state index contributed by atoms with van der Waals surface area (Å²) in [6.07, 6.45) is 0.790. The van der Waals surface area contributed by atoms with Gasteiger partial charge in [-0.1, -0.05) is 6.07 Å². The van der Waals surface area contributed by atoms with Gasteiger partial charge in [-0.3, -0.25) is 14.4 Å². The number of carbonyl (C=O) groups excluding carboxylic acids is 3. The van der Waals surface area contributed by atoms with Crippen LogP contribution >= 0.6 is 22.7 Å². The average molecular weight is 442 g/mol. The molecule has 3 unspecified atom stereocenters. The molecule has 7 nitrogen and oxygen atoms in total. The minimum absolute atomic E-state index is 0.0503. The summed E-state index contributed by atoms with van der Waals surface area (Å²) < 4.78 is 6.50. The number of fused-ring (bicyclic) bond motifs is 2. The number of Topliss-reactive ketones (excluding diaryl/α,β-unsaturated/α-hetero) is 1. The first-order chi connectivity index (χ1) is 14.6. The van der Waals surface area contributed by atoms with Crippen molar-refractivity contribution in [3.8, 4) is 0 Å². The SMILES string of the molecule is O=C(NC(Cc1cccs1)C(=O)N1CCC2OCC(=O)C21)c1ccc2scnc2c1. The summed E-state index contributed by atoms with van der Waals surface area (Å²) in [6, 6.07) is 7.89. The Morgan fingerprint density at radius 3 is 3.03 bits per heavy atom. The fourth-order valence-electron chi connectivity index (χ4n) is 4.11. The number of rotatable bonds is 5. The van der Waals surface area contributed by atoms with Gasteiger partial charge >= 0.3 is 0 Å². The van der Waals surface area contributed by atoms with Crippen LogP contribution in [0.15, 0.2) is 41.2 Å². The van der Waals surface area contributed by atoms with Gasteiger partial charge in [-0.25, -0.2) is 4.98 Å². The molecule has 3 atom stereocenters. The van der Waals surface area contributed by atoms with Crippen LogP contribution in [0.2, 0.25) is 0 Å². The molecule has 2 aliphatic heterocycles. The first-order valence-corrected chi connectivity index (χ1v) is 11.5. The molecule has 0 aliphatic carbocycles. The van der Waals surface area contributed by atoms with Gasteiger partial charge in [-0.2, -0.15) is 0 Å². The first-order valence-electron chi connectivity index (χ1n) is 9.71. The lowest BCUT2D eigenvalue weighted by Gasteiger charge is -2.27. The van der Waals surface area contributed by atoms with Crippen LogP contribution in [0.3, 0.4) is 0 Å². The molecule has 154 valence electrons. The fraction of sp³-hybridized carbons (Fsp3) is 0.333. The molecule has 0 saturated carbocycles. The van der Waals surface area contributed by atoms with Crippen molar-refractivity contribution in [2.24, 2.45) is 0 Å². The van der Waals surface area contributed by atoms with Crippen LogP contribution in [0, 0.1) is 0 Å². The number of carbonyl (C=O) groups is 3. The number of benzene rings is 1. The maximum absolute atomic E-state index is 13.4. The lowest BCUT2D eigenvalue weighted by atomic mass is 10.1. The highest BCUT2D eigenvalue weighted by Gasteiger charge is 2.48. The number of hydrogen-bond donors (Lipinski definition) is 1. The van der Waals surface area contributed by atoms with E-state index in [0.717, 1.165) is 15.1 Å². The van der Waals surface area contributed by atoms with E-state index < -0.39 is 12.1 Å². The molecule has 9 heteroatoms. The number of ketones is 1. The number of amides is 2. The third kappa shape index (κ3) is 3.53. The number of thiazole rings is 1. The minimum Gasteiger partial charge on any atom is -0.368 e. The Morgan fingerprint density at radius 2 is 2.20 bits per heavy atom. The Balaban J connectivity index is 1.39. The van der Waals surface area contributed by atoms with E-state index in [9.17, 15) is 14.4 Å². The Hall–Kier alpha value is -2.62. The second-order valence-corrected chi connectivity index (χ2v) is 9.34. The molecule has 2 fully saturated rings. The quantitative estimate of drug-likeness (QED) is 0.656. The summed E-state index contributed by atoms with van der Waals surface area (Å²) in [5, 5.41) is 4.84. The minimum atomic E-state index is -0.755. The van der Waals surface area contributed by atoms with Crippen LogP contribution < -0.4 is 5.32 Å². The van der Waals surface area contributed by atoms with Gasteiger partial charge in [0.25, 0.3) is 5.91 Å². The van der Waals surface area contributed by atoms with E-state index in [1.807, 2.05) is 23.6 Å². The highest BCUT2D eigenvalue weighted by molar-refractivity contribution is 7.16. The van der Waals surface area contributed by atoms with Crippen LogP contribution in [0.1, 0.15) is 21.7 Å². The number of nitrogens with one attached hydrogen (secondary N) is 1. The Labute approximate surface area is 180 Å². The summed E-state index contributed by atoms with van der Waals surface area (Å²) in [7, 11) is 0. The molecule has 2 saturated heterocycles. The lowest BCUT2D eigenvalue weighted by Crippen LogP contribution is -2.53. The fourth-order valence-corrected chi connectivity index (χ4v) is 5.52. The van der Waals surface area contributed by atoms with Gasteiger partial charge in [0.15, 0.2) is 5.78 Å². The normalized spacial score (nSPS) is 21.7. The van der Waals surface area contributed by atoms with Gasteiger partial charge in [0.05, 0.1) is 21.8 Å². The van der Waals surface area contributed by atoms with Crippen molar-refractivity contribution in [3.05, 3.63) is 51.7 Å². The molecule has 1 N–H and O–H groups in total. The van der Waals surface area contributed by atoms with Gasteiger partial charge < -0.3 is 15.0 Å². The van der Waals surface area contributed by atoms with Crippen molar-refractivity contribution in [2.45, 2.75) is 31.0 Å². The predicted molar refractivity (Wildman–Crippen MR) is 114 cm³/mol. The van der Waals surface area contributed by atoms with E-state index >= 15 is 0 Å². The average Bonchev–Trinajstić information content (AvgIpc) is 3.53. The summed E-state index contributed by atoms with van der Waals surface area (Å²) >= 11 is 3.04. The molecule has 2 amide bonds. The number of aromatic nitrogens is 1. The monoisotopic (exact) mass is 441 g/mol. The zero-order valence-corrected chi connectivity index (χ0v) is 17.6. The molecule has 1 aromatic carbocycles. The zero-order valence-electron chi connectivity index (χ0n) is 15.9. The smallest absolute Gasteiger partial charge is 0.252 e. The van der Waals surface area contributed by atoms with Crippen molar-refractivity contribution in [2.75, 3.05) is 13.2 Å². The van der Waals surface area contributed by atoms with E-state index in [1.54, 1.807) is 22.5 Å². The van der Waals surface area contributed by atoms with Crippen LogP contribution in [0.5, 0.6) is 0 Å². The zero-order chi connectivity index (χ0) is 20.7. The van der Waals surface area contributed by atoms with Crippen LogP contribution in [-0.4, -0.2) is 58.8 Å². The van der Waals surface area contributed by atoms with Crippen LogP contribution in [0.25, 0.3) is 10.2 Å². The van der Waals surface area contributed by atoms with E-state index in [0.29, 0.717) is 24.9 Å². The third-order valence-corrected chi connectivity index (χ3v) is 7.29. The maximum Gasteiger partial charge on any atom is 0.252 e. The lowest BCUT2D eigenvalue weighted by molar-refractivity contribution is -0.138. The third-order valence-electron chi connectivity index (χ3n) is 5.58. The number of nitrogens with zero attached hydrogens (tertiary/aromatic N) is 2. The van der Waals surface area contributed by atoms with Gasteiger partial charge in [-0.15, -0.1) is 22.7 Å². The van der Waals surface area contributed by atoms with Crippen LogP contribution in [-0.2, 0) is 20.7 Å². The molecular weight excluding hydrogens is 422 g/mol. The van der Waals surface area contributed by atoms with Crippen molar-refractivity contribution in [1.82, 2.24) is 15.2 Å². The van der Waals surface area contributed by atoms with E-state index in [1.165, 1.54) is 22.7 Å². The Kier molecular flexibility index (Phi) is 5.10. The predicted octanol–water partition coefficient (Wildman–Crippen LogP) is 2.27. The van der Waals surface area contributed by atoms with Gasteiger partial charge in [0.1, 0.15) is 18.7 Å². The van der Waals surface area contributed by atoms with Crippen molar-refractivity contribution >= 4 is 50.5 Å². The summed E-state index contributed by atoms with van der Waals surface area (Å²) in [5.41, 5.74) is 2.95. The molecule has 4 heterocycles. The summed E-state index contributed by atoms with van der Waals surface area (Å²) in [4.78, 5) is 45.4. The largest absolute Gasteiger partial charge is 0.368 e. The van der Waals surface area contributed by atoms with Crippen molar-refractivity contribution < 1.29 is 19.1 Å². The number of thiophene rings is 1. The molecule has 30 heavy (non-hydrogen) atoms. The number of ether oxygens (including phenoxy) is 1. The second-order valence-electron chi connectivity index (χ2n) is 7.43. The standard InChI is InChI=1S/C21H19N3O4S2/c25-16-10-28-17-5-6-24(19(16)17)21(27)15(9-13-2-1-7-29-13)23-20(26)12-3-4-18-14(8-12)22-11-30-18/h1-4,7-8,11,15,17,19H,5-6,9-10H2,(H,23,26).